The van der Waals surface area contributed by atoms with Crippen molar-refractivity contribution < 1.29 is 37.0 Å². The molecule has 2 heterocycles. The van der Waals surface area contributed by atoms with E-state index in [9.17, 15) is 18.0 Å². The molecule has 2 aliphatic rings. The smallest absolute Gasteiger partial charge is 0.342 e. The first kappa shape index (κ1) is 25.8. The van der Waals surface area contributed by atoms with E-state index in [2.05, 4.69) is 5.32 Å². The lowest BCUT2D eigenvalue weighted by Gasteiger charge is -2.21. The number of anilines is 1. The van der Waals surface area contributed by atoms with Crippen molar-refractivity contribution in [3.05, 3.63) is 42.0 Å². The Balaban J connectivity index is 1.47. The largest absolute Gasteiger partial charge is 0.496 e. The van der Waals surface area contributed by atoms with Crippen LogP contribution >= 0.6 is 0 Å². The minimum atomic E-state index is -3.79. The first-order valence-corrected chi connectivity index (χ1v) is 13.3. The first-order valence-electron chi connectivity index (χ1n) is 11.9. The summed E-state index contributed by atoms with van der Waals surface area (Å²) in [7, 11) is -2.42. The maximum absolute atomic E-state index is 13.2. The van der Waals surface area contributed by atoms with E-state index >= 15 is 0 Å². The molecule has 1 atom stereocenters. The molecule has 11 heteroatoms. The number of nitrogens with one attached hydrogen (secondary N) is 1. The third kappa shape index (κ3) is 5.73. The number of hydrogen-bond donors (Lipinski definition) is 1. The van der Waals surface area contributed by atoms with E-state index in [1.807, 2.05) is 0 Å². The van der Waals surface area contributed by atoms with Gasteiger partial charge >= 0.3 is 5.97 Å². The maximum atomic E-state index is 13.2. The minimum absolute atomic E-state index is 0.0227. The summed E-state index contributed by atoms with van der Waals surface area (Å²) in [5, 5.41) is 2.68. The predicted molar refractivity (Wildman–Crippen MR) is 131 cm³/mol. The number of carbonyl (C=O) groups is 2. The fraction of sp³-hybridized carbons (Fsp3) is 0.440. The van der Waals surface area contributed by atoms with Crippen molar-refractivity contribution in [1.29, 1.82) is 0 Å². The quantitative estimate of drug-likeness (QED) is 0.555. The van der Waals surface area contributed by atoms with Gasteiger partial charge in [0.1, 0.15) is 24.5 Å². The van der Waals surface area contributed by atoms with Gasteiger partial charge in [0.05, 0.1) is 12.0 Å². The number of methoxy groups -OCH3 is 1. The molecular formula is C25H30N2O8S. The molecule has 2 aromatic rings. The highest BCUT2D eigenvalue weighted by Gasteiger charge is 2.28. The summed E-state index contributed by atoms with van der Waals surface area (Å²) in [5.74, 6) is -0.192. The summed E-state index contributed by atoms with van der Waals surface area (Å²) in [6, 6.07) is 9.03. The molecule has 36 heavy (non-hydrogen) atoms. The summed E-state index contributed by atoms with van der Waals surface area (Å²) < 4.78 is 49.4. The Morgan fingerprint density at radius 3 is 2.36 bits per heavy atom. The zero-order valence-corrected chi connectivity index (χ0v) is 21.1. The Bertz CT molecular complexity index is 1220. The van der Waals surface area contributed by atoms with Crippen LogP contribution in [0.1, 0.15) is 43.0 Å². The summed E-state index contributed by atoms with van der Waals surface area (Å²) in [4.78, 5) is 25.6. The summed E-state index contributed by atoms with van der Waals surface area (Å²) >= 11 is 0. The molecule has 1 saturated heterocycles. The minimum Gasteiger partial charge on any atom is -0.496 e. The van der Waals surface area contributed by atoms with Gasteiger partial charge in [-0.05, 0) is 50.1 Å². The molecule has 4 rings (SSSR count). The fourth-order valence-electron chi connectivity index (χ4n) is 4.08. The molecule has 1 amide bonds. The second kappa shape index (κ2) is 11.2. The lowest BCUT2D eigenvalue weighted by molar-refractivity contribution is -0.123. The van der Waals surface area contributed by atoms with Crippen molar-refractivity contribution in [1.82, 2.24) is 4.31 Å². The van der Waals surface area contributed by atoms with Gasteiger partial charge in [-0.1, -0.05) is 12.8 Å². The molecule has 1 fully saturated rings. The molecule has 2 aliphatic heterocycles. The highest BCUT2D eigenvalue weighted by Crippen LogP contribution is 2.33. The third-order valence-corrected chi connectivity index (χ3v) is 7.95. The van der Waals surface area contributed by atoms with E-state index in [1.54, 1.807) is 18.2 Å². The van der Waals surface area contributed by atoms with Crippen LogP contribution in [0.5, 0.6) is 17.2 Å². The van der Waals surface area contributed by atoms with Crippen LogP contribution in [0.2, 0.25) is 0 Å². The number of nitrogens with zero attached hydrogens (tertiary/aromatic N) is 1. The Labute approximate surface area is 210 Å². The molecule has 0 aliphatic carbocycles. The molecule has 0 aromatic heterocycles. The molecule has 0 radical (unpaired) electrons. The summed E-state index contributed by atoms with van der Waals surface area (Å²) in [6.45, 7) is 3.16. The number of carbonyl (C=O) groups excluding carboxylic acids is 2. The van der Waals surface area contributed by atoms with Gasteiger partial charge in [0.2, 0.25) is 10.0 Å². The Hall–Kier alpha value is -3.31. The van der Waals surface area contributed by atoms with Crippen molar-refractivity contribution in [2.45, 2.75) is 43.6 Å². The van der Waals surface area contributed by atoms with Gasteiger partial charge in [0, 0.05) is 24.8 Å². The number of ether oxygens (including phenoxy) is 4. The zero-order valence-electron chi connectivity index (χ0n) is 20.3. The van der Waals surface area contributed by atoms with Crippen molar-refractivity contribution in [2.24, 2.45) is 0 Å². The van der Waals surface area contributed by atoms with Crippen LogP contribution in [0.4, 0.5) is 5.69 Å². The number of esters is 1. The van der Waals surface area contributed by atoms with E-state index in [0.29, 0.717) is 43.5 Å². The Morgan fingerprint density at radius 1 is 0.972 bits per heavy atom. The van der Waals surface area contributed by atoms with Crippen molar-refractivity contribution in [3.63, 3.8) is 0 Å². The summed E-state index contributed by atoms with van der Waals surface area (Å²) in [6.07, 6.45) is 2.39. The second-order valence-electron chi connectivity index (χ2n) is 8.58. The van der Waals surface area contributed by atoms with E-state index in [0.717, 1.165) is 25.7 Å². The lowest BCUT2D eigenvalue weighted by Crippen LogP contribution is -2.32. The number of sulfonamides is 1. The van der Waals surface area contributed by atoms with E-state index in [4.69, 9.17) is 18.9 Å². The molecular weight excluding hydrogens is 488 g/mol. The second-order valence-corrected chi connectivity index (χ2v) is 10.5. The normalized spacial score (nSPS) is 16.9. The zero-order chi connectivity index (χ0) is 25.7. The standard InChI is InChI=1S/C25H30N2O8S/c1-17(24(28)26-18-7-9-22-23(15-18)34-14-13-33-22)35-25(29)20-16-19(8-10-21(20)32-2)36(30,31)27-11-5-3-4-6-12-27/h7-10,15-17H,3-6,11-14H2,1-2H3,(H,26,28)/t17-/m0/s1. The Kier molecular flexibility index (Phi) is 8.00. The van der Waals surface area contributed by atoms with Crippen molar-refractivity contribution in [3.8, 4) is 17.2 Å². The maximum Gasteiger partial charge on any atom is 0.342 e. The number of rotatable bonds is 7. The predicted octanol–water partition coefficient (Wildman–Crippen LogP) is 3.22. The van der Waals surface area contributed by atoms with Gasteiger partial charge in [0.15, 0.2) is 17.6 Å². The van der Waals surface area contributed by atoms with Gasteiger partial charge in [-0.3, -0.25) is 4.79 Å². The average molecular weight is 519 g/mol. The number of benzene rings is 2. The number of hydrogen-bond acceptors (Lipinski definition) is 8. The molecule has 0 unspecified atom stereocenters. The van der Waals surface area contributed by atoms with E-state index in [1.165, 1.54) is 36.5 Å². The van der Waals surface area contributed by atoms with Gasteiger partial charge in [-0.15, -0.1) is 0 Å². The Morgan fingerprint density at radius 2 is 1.67 bits per heavy atom. The van der Waals surface area contributed by atoms with Crippen molar-refractivity contribution in [2.75, 3.05) is 38.7 Å². The highest BCUT2D eigenvalue weighted by atomic mass is 32.2. The van der Waals surface area contributed by atoms with Crippen molar-refractivity contribution >= 4 is 27.6 Å². The molecule has 1 N–H and O–H groups in total. The average Bonchev–Trinajstić information content (AvgIpc) is 3.18. The van der Waals surface area contributed by atoms with E-state index in [-0.39, 0.29) is 16.2 Å². The SMILES string of the molecule is COc1ccc(S(=O)(=O)N2CCCCCC2)cc1C(=O)O[C@@H](C)C(=O)Nc1ccc2c(c1)OCCO2. The number of fused-ring (bicyclic) bond motifs is 1. The molecule has 0 saturated carbocycles. The van der Waals surface area contributed by atoms with Gasteiger partial charge < -0.3 is 24.3 Å². The van der Waals surface area contributed by atoms with Crippen LogP contribution in [0.3, 0.4) is 0 Å². The third-order valence-electron chi connectivity index (χ3n) is 6.06. The molecule has 0 spiro atoms. The van der Waals surface area contributed by atoms with Crippen LogP contribution in [-0.2, 0) is 19.6 Å². The fourth-order valence-corrected chi connectivity index (χ4v) is 5.62. The lowest BCUT2D eigenvalue weighted by atomic mass is 10.2. The van der Waals surface area contributed by atoms with Gasteiger partial charge in [0.25, 0.3) is 5.91 Å². The topological polar surface area (TPSA) is 120 Å². The van der Waals surface area contributed by atoms with Gasteiger partial charge in [-0.25, -0.2) is 13.2 Å². The van der Waals surface area contributed by atoms with Crippen LogP contribution in [0, 0.1) is 0 Å². The summed E-state index contributed by atoms with van der Waals surface area (Å²) in [5.41, 5.74) is 0.377. The first-order chi connectivity index (χ1) is 17.3. The van der Waals surface area contributed by atoms with Crippen LogP contribution in [-0.4, -0.2) is 64.1 Å². The highest BCUT2D eigenvalue weighted by molar-refractivity contribution is 7.89. The van der Waals surface area contributed by atoms with Gasteiger partial charge in [-0.2, -0.15) is 4.31 Å². The monoisotopic (exact) mass is 518 g/mol. The van der Waals surface area contributed by atoms with E-state index < -0.39 is 28.0 Å². The molecule has 2 aromatic carbocycles. The molecule has 0 bridgehead atoms. The van der Waals surface area contributed by atoms with Crippen LogP contribution in [0.15, 0.2) is 41.3 Å². The van der Waals surface area contributed by atoms with Crippen LogP contribution in [0.25, 0.3) is 0 Å². The molecule has 194 valence electrons. The molecule has 10 nitrogen and oxygen atoms in total. The number of amides is 1. The van der Waals surface area contributed by atoms with Crippen LogP contribution < -0.4 is 19.5 Å².